The summed E-state index contributed by atoms with van der Waals surface area (Å²) in [5.41, 5.74) is 8.32. The molecule has 2 aromatic heterocycles. The number of pyridine rings is 1. The number of aromatic amines is 1. The number of amides is 1. The molecule has 0 radical (unpaired) electrons. The number of nitrogens with one attached hydrogen (secondary N) is 3. The highest BCUT2D eigenvalue weighted by Gasteiger charge is 2.21. The highest BCUT2D eigenvalue weighted by Crippen LogP contribution is 2.24. The van der Waals surface area contributed by atoms with Gasteiger partial charge >= 0.3 is 0 Å². The lowest BCUT2D eigenvalue weighted by atomic mass is 10.1. The molecule has 1 unspecified atom stereocenters. The Kier molecular flexibility index (Phi) is 5.38. The Labute approximate surface area is 162 Å². The van der Waals surface area contributed by atoms with Crippen molar-refractivity contribution in [2.45, 2.75) is 25.4 Å². The second-order valence-corrected chi connectivity index (χ2v) is 7.26. The van der Waals surface area contributed by atoms with Crippen LogP contribution in [0, 0.1) is 0 Å². The van der Waals surface area contributed by atoms with E-state index in [4.69, 9.17) is 11.6 Å². The maximum atomic E-state index is 12.5. The van der Waals surface area contributed by atoms with Crippen molar-refractivity contribution in [1.29, 1.82) is 0 Å². The third-order valence-corrected chi connectivity index (χ3v) is 5.32. The number of nitrogens with zero attached hydrogens (tertiary/aromatic N) is 2. The summed E-state index contributed by atoms with van der Waals surface area (Å²) < 4.78 is 0. The van der Waals surface area contributed by atoms with Gasteiger partial charge in [0.1, 0.15) is 5.65 Å². The summed E-state index contributed by atoms with van der Waals surface area (Å²) in [4.78, 5) is 22.2. The van der Waals surface area contributed by atoms with Gasteiger partial charge in [0, 0.05) is 36.9 Å². The number of rotatable bonds is 5. The monoisotopic (exact) mass is 383 g/mol. The minimum Gasteiger partial charge on any atom is -0.346 e. The summed E-state index contributed by atoms with van der Waals surface area (Å²) in [6.45, 7) is 2.88. The summed E-state index contributed by atoms with van der Waals surface area (Å²) >= 11 is 6.36. The molecule has 7 heteroatoms. The highest BCUT2D eigenvalue weighted by atomic mass is 35.5. The number of hydrogen-bond acceptors (Lipinski definition) is 4. The van der Waals surface area contributed by atoms with Crippen molar-refractivity contribution >= 4 is 28.5 Å². The van der Waals surface area contributed by atoms with Crippen LogP contribution in [0.5, 0.6) is 0 Å². The molecular formula is C20H22ClN5O. The van der Waals surface area contributed by atoms with Gasteiger partial charge in [-0.3, -0.25) is 15.1 Å². The first kappa shape index (κ1) is 18.0. The van der Waals surface area contributed by atoms with Crippen LogP contribution in [0.1, 0.15) is 28.8 Å². The normalized spacial score (nSPS) is 17.9. The smallest absolute Gasteiger partial charge is 0.268 e. The number of hydrazine groups is 1. The number of carbonyl (C=O) groups excluding carboxylic acids is 1. The van der Waals surface area contributed by atoms with Gasteiger partial charge in [-0.05, 0) is 31.0 Å². The van der Waals surface area contributed by atoms with Crippen LogP contribution in [-0.2, 0) is 6.54 Å². The Balaban J connectivity index is 1.34. The van der Waals surface area contributed by atoms with Crippen LogP contribution in [0.4, 0.5) is 0 Å². The van der Waals surface area contributed by atoms with E-state index in [0.717, 1.165) is 37.9 Å². The lowest BCUT2D eigenvalue weighted by molar-refractivity contribution is 0.0904. The van der Waals surface area contributed by atoms with Crippen molar-refractivity contribution < 1.29 is 4.79 Å². The maximum Gasteiger partial charge on any atom is 0.268 e. The van der Waals surface area contributed by atoms with Crippen LogP contribution in [0.15, 0.2) is 48.8 Å². The highest BCUT2D eigenvalue weighted by molar-refractivity contribution is 6.38. The number of fused-ring (bicyclic) bond motifs is 1. The minimum atomic E-state index is -0.268. The Morgan fingerprint density at radius 3 is 3.00 bits per heavy atom. The molecule has 3 N–H and O–H groups in total. The predicted molar refractivity (Wildman–Crippen MR) is 106 cm³/mol. The first-order chi connectivity index (χ1) is 13.2. The van der Waals surface area contributed by atoms with Crippen molar-refractivity contribution in [3.8, 4) is 0 Å². The topological polar surface area (TPSA) is 73.1 Å². The van der Waals surface area contributed by atoms with Crippen LogP contribution in [-0.4, -0.2) is 39.9 Å². The number of aromatic nitrogens is 2. The number of piperidine rings is 1. The molecule has 1 saturated heterocycles. The number of H-pyrrole nitrogens is 1. The molecule has 140 valence electrons. The van der Waals surface area contributed by atoms with E-state index in [0.29, 0.717) is 16.2 Å². The third kappa shape index (κ3) is 4.13. The second kappa shape index (κ2) is 8.08. The molecule has 1 fully saturated rings. The summed E-state index contributed by atoms with van der Waals surface area (Å²) in [7, 11) is 0. The van der Waals surface area contributed by atoms with Crippen LogP contribution < -0.4 is 10.9 Å². The van der Waals surface area contributed by atoms with E-state index < -0.39 is 0 Å². The molecule has 1 aliphatic rings. The molecule has 0 saturated carbocycles. The maximum absolute atomic E-state index is 12.5. The molecule has 4 rings (SSSR count). The molecule has 27 heavy (non-hydrogen) atoms. The van der Waals surface area contributed by atoms with Crippen molar-refractivity contribution in [1.82, 2.24) is 25.7 Å². The van der Waals surface area contributed by atoms with Crippen molar-refractivity contribution in [3.63, 3.8) is 0 Å². The minimum absolute atomic E-state index is 0.203. The predicted octanol–water partition coefficient (Wildman–Crippen LogP) is 3.12. The molecule has 0 spiro atoms. The van der Waals surface area contributed by atoms with Gasteiger partial charge in [-0.1, -0.05) is 41.9 Å². The van der Waals surface area contributed by atoms with Gasteiger partial charge in [-0.2, -0.15) is 0 Å². The van der Waals surface area contributed by atoms with Gasteiger partial charge in [0.25, 0.3) is 5.91 Å². The zero-order valence-electron chi connectivity index (χ0n) is 14.9. The van der Waals surface area contributed by atoms with E-state index in [9.17, 15) is 4.79 Å². The number of halogens is 1. The first-order valence-corrected chi connectivity index (χ1v) is 9.52. The van der Waals surface area contributed by atoms with Crippen molar-refractivity contribution in [2.75, 3.05) is 13.1 Å². The number of benzene rings is 1. The first-order valence-electron chi connectivity index (χ1n) is 9.14. The zero-order chi connectivity index (χ0) is 18.6. The number of hydrogen-bond donors (Lipinski definition) is 3. The summed E-state index contributed by atoms with van der Waals surface area (Å²) in [5.74, 6) is -0.268. The average molecular weight is 384 g/mol. The Hall–Kier alpha value is -2.41. The van der Waals surface area contributed by atoms with Gasteiger partial charge in [-0.15, -0.1) is 0 Å². The van der Waals surface area contributed by atoms with Crippen LogP contribution >= 0.6 is 11.6 Å². The largest absolute Gasteiger partial charge is 0.346 e. The SMILES string of the molecule is O=C(NNC1CCCN(Cc2ccccc2)C1)c1cnc2[nH]ccc2c1Cl. The Bertz CT molecular complexity index is 927. The quantitative estimate of drug-likeness (QED) is 0.592. The standard InChI is InChI=1S/C20H22ClN5O/c21-18-16-8-9-22-19(16)23-11-17(18)20(27)25-24-15-7-4-10-26(13-15)12-14-5-2-1-3-6-14/h1-3,5-6,8-9,11,15,24H,4,7,10,12-13H2,(H,22,23)(H,25,27). The van der Waals surface area contributed by atoms with Gasteiger partial charge in [0.15, 0.2) is 0 Å². The molecule has 1 aromatic carbocycles. The van der Waals surface area contributed by atoms with E-state index >= 15 is 0 Å². The van der Waals surface area contributed by atoms with Crippen LogP contribution in [0.25, 0.3) is 11.0 Å². The fraction of sp³-hybridized carbons (Fsp3) is 0.300. The molecule has 0 bridgehead atoms. The van der Waals surface area contributed by atoms with Gasteiger partial charge < -0.3 is 4.98 Å². The second-order valence-electron chi connectivity index (χ2n) is 6.88. The molecular weight excluding hydrogens is 362 g/mol. The molecule has 1 atom stereocenters. The fourth-order valence-electron chi connectivity index (χ4n) is 3.53. The fourth-order valence-corrected chi connectivity index (χ4v) is 3.81. The molecule has 1 amide bonds. The summed E-state index contributed by atoms with van der Waals surface area (Å²) in [6.07, 6.45) is 5.37. The molecule has 6 nitrogen and oxygen atoms in total. The summed E-state index contributed by atoms with van der Waals surface area (Å²) in [5, 5.41) is 1.16. The van der Waals surface area contributed by atoms with Crippen molar-refractivity contribution in [2.24, 2.45) is 0 Å². The van der Waals surface area contributed by atoms with Gasteiger partial charge in [-0.25, -0.2) is 10.4 Å². The molecule has 0 aliphatic carbocycles. The van der Waals surface area contributed by atoms with Crippen molar-refractivity contribution in [3.05, 3.63) is 64.9 Å². The Morgan fingerprint density at radius 1 is 1.30 bits per heavy atom. The van der Waals surface area contributed by atoms with E-state index in [2.05, 4.69) is 50.0 Å². The average Bonchev–Trinajstić information content (AvgIpc) is 3.17. The molecule has 3 aromatic rings. The van der Waals surface area contributed by atoms with Crippen LogP contribution in [0.2, 0.25) is 5.02 Å². The molecule has 3 heterocycles. The Morgan fingerprint density at radius 2 is 2.15 bits per heavy atom. The summed E-state index contributed by atoms with van der Waals surface area (Å²) in [6, 6.07) is 12.5. The number of carbonyl (C=O) groups is 1. The lowest BCUT2D eigenvalue weighted by Crippen LogP contribution is -2.51. The zero-order valence-corrected chi connectivity index (χ0v) is 15.7. The van der Waals surface area contributed by atoms with E-state index in [1.54, 1.807) is 6.20 Å². The third-order valence-electron chi connectivity index (χ3n) is 4.91. The number of likely N-dealkylation sites (tertiary alicyclic amines) is 1. The van der Waals surface area contributed by atoms with E-state index in [1.807, 2.05) is 12.1 Å². The van der Waals surface area contributed by atoms with E-state index in [-0.39, 0.29) is 11.9 Å². The van der Waals surface area contributed by atoms with Gasteiger partial charge in [0.05, 0.1) is 10.6 Å². The van der Waals surface area contributed by atoms with E-state index in [1.165, 1.54) is 11.8 Å². The molecule has 1 aliphatic heterocycles. The lowest BCUT2D eigenvalue weighted by Gasteiger charge is -2.33. The van der Waals surface area contributed by atoms with Gasteiger partial charge in [0.2, 0.25) is 0 Å². The van der Waals surface area contributed by atoms with Crippen LogP contribution in [0.3, 0.4) is 0 Å².